The number of halogens is 3. The Labute approximate surface area is 118 Å². The van der Waals surface area contributed by atoms with Crippen molar-refractivity contribution in [2.75, 3.05) is 5.32 Å². The second-order valence-corrected chi connectivity index (χ2v) is 4.59. The van der Waals surface area contributed by atoms with Crippen LogP contribution in [-0.2, 0) is 0 Å². The van der Waals surface area contributed by atoms with Crippen LogP contribution in [0.5, 0.6) is 0 Å². The molecule has 0 aliphatic carbocycles. The standard InChI is InChI=1S/C13H8Cl2FNO2/c14-7-1-4-12(9(5-7)13(18)19)17-8-2-3-10(15)11(16)6-8/h1-6,17H,(H,18,19). The molecule has 98 valence electrons. The Kier molecular flexibility index (Phi) is 3.93. The Bertz CT molecular complexity index is 647. The van der Waals surface area contributed by atoms with Crippen LogP contribution in [0.3, 0.4) is 0 Å². The topological polar surface area (TPSA) is 49.3 Å². The van der Waals surface area contributed by atoms with Crippen LogP contribution in [0, 0.1) is 5.82 Å². The number of rotatable bonds is 3. The average Bonchev–Trinajstić information content (AvgIpc) is 2.36. The quantitative estimate of drug-likeness (QED) is 0.872. The summed E-state index contributed by atoms with van der Waals surface area (Å²) in [6, 6.07) is 8.49. The van der Waals surface area contributed by atoms with Crippen LogP contribution in [0.4, 0.5) is 15.8 Å². The number of anilines is 2. The second-order valence-electron chi connectivity index (χ2n) is 3.75. The van der Waals surface area contributed by atoms with Crippen molar-refractivity contribution >= 4 is 40.5 Å². The average molecular weight is 300 g/mol. The maximum atomic E-state index is 13.3. The zero-order chi connectivity index (χ0) is 14.0. The molecule has 3 nitrogen and oxygen atoms in total. The molecule has 2 rings (SSSR count). The summed E-state index contributed by atoms with van der Waals surface area (Å²) in [4.78, 5) is 11.1. The molecule has 0 aliphatic rings. The van der Waals surface area contributed by atoms with Gasteiger partial charge in [-0.25, -0.2) is 9.18 Å². The smallest absolute Gasteiger partial charge is 0.337 e. The molecule has 0 bridgehead atoms. The highest BCUT2D eigenvalue weighted by Gasteiger charge is 2.11. The Morgan fingerprint density at radius 3 is 2.53 bits per heavy atom. The van der Waals surface area contributed by atoms with Crippen molar-refractivity contribution in [3.05, 3.63) is 57.8 Å². The molecule has 0 radical (unpaired) electrons. The summed E-state index contributed by atoms with van der Waals surface area (Å²) < 4.78 is 13.3. The van der Waals surface area contributed by atoms with Crippen molar-refractivity contribution in [3.63, 3.8) is 0 Å². The highest BCUT2D eigenvalue weighted by atomic mass is 35.5. The SMILES string of the molecule is O=C(O)c1cc(Cl)ccc1Nc1ccc(Cl)c(F)c1. The van der Waals surface area contributed by atoms with Crippen molar-refractivity contribution in [1.29, 1.82) is 0 Å². The lowest BCUT2D eigenvalue weighted by atomic mass is 10.1. The number of carbonyl (C=O) groups is 1. The van der Waals surface area contributed by atoms with Gasteiger partial charge in [0.05, 0.1) is 16.3 Å². The molecule has 0 aliphatic heterocycles. The second kappa shape index (κ2) is 5.47. The van der Waals surface area contributed by atoms with E-state index in [1.807, 2.05) is 0 Å². The first-order chi connectivity index (χ1) is 8.97. The number of hydrogen-bond donors (Lipinski definition) is 2. The van der Waals surface area contributed by atoms with Gasteiger partial charge in [-0.1, -0.05) is 23.2 Å². The molecular formula is C13H8Cl2FNO2. The van der Waals surface area contributed by atoms with Crippen LogP contribution < -0.4 is 5.32 Å². The van der Waals surface area contributed by atoms with Gasteiger partial charge in [-0.2, -0.15) is 0 Å². The summed E-state index contributed by atoms with van der Waals surface area (Å²) in [6.07, 6.45) is 0. The Morgan fingerprint density at radius 1 is 1.16 bits per heavy atom. The minimum absolute atomic E-state index is 0.000106. The number of hydrogen-bond acceptors (Lipinski definition) is 2. The molecular weight excluding hydrogens is 292 g/mol. The van der Waals surface area contributed by atoms with Crippen LogP contribution in [0.15, 0.2) is 36.4 Å². The normalized spacial score (nSPS) is 10.3. The van der Waals surface area contributed by atoms with Crippen molar-refractivity contribution in [2.24, 2.45) is 0 Å². The van der Waals surface area contributed by atoms with E-state index in [0.29, 0.717) is 16.4 Å². The van der Waals surface area contributed by atoms with Gasteiger partial charge in [0.2, 0.25) is 0 Å². The van der Waals surface area contributed by atoms with E-state index >= 15 is 0 Å². The molecule has 19 heavy (non-hydrogen) atoms. The molecule has 2 N–H and O–H groups in total. The first-order valence-corrected chi connectivity index (χ1v) is 5.98. The Balaban J connectivity index is 2.37. The lowest BCUT2D eigenvalue weighted by Crippen LogP contribution is -2.02. The van der Waals surface area contributed by atoms with Gasteiger partial charge < -0.3 is 10.4 Å². The Morgan fingerprint density at radius 2 is 1.89 bits per heavy atom. The fraction of sp³-hybridized carbons (Fsp3) is 0. The highest BCUT2D eigenvalue weighted by molar-refractivity contribution is 6.31. The monoisotopic (exact) mass is 299 g/mol. The van der Waals surface area contributed by atoms with E-state index in [1.54, 1.807) is 12.1 Å². The molecule has 6 heteroatoms. The zero-order valence-corrected chi connectivity index (χ0v) is 11.0. The lowest BCUT2D eigenvalue weighted by Gasteiger charge is -2.10. The van der Waals surface area contributed by atoms with E-state index < -0.39 is 11.8 Å². The van der Waals surface area contributed by atoms with Crippen molar-refractivity contribution < 1.29 is 14.3 Å². The van der Waals surface area contributed by atoms with Crippen LogP contribution in [0.2, 0.25) is 10.0 Å². The molecule has 0 atom stereocenters. The van der Waals surface area contributed by atoms with Gasteiger partial charge >= 0.3 is 5.97 Å². The summed E-state index contributed by atoms with van der Waals surface area (Å²) in [5.41, 5.74) is 0.716. The highest BCUT2D eigenvalue weighted by Crippen LogP contribution is 2.26. The summed E-state index contributed by atoms with van der Waals surface area (Å²) in [7, 11) is 0. The lowest BCUT2D eigenvalue weighted by molar-refractivity contribution is 0.0698. The summed E-state index contributed by atoms with van der Waals surface area (Å²) in [5.74, 6) is -1.71. The number of aromatic carboxylic acids is 1. The molecule has 0 aromatic heterocycles. The van der Waals surface area contributed by atoms with Gasteiger partial charge in [-0.15, -0.1) is 0 Å². The number of nitrogens with one attached hydrogen (secondary N) is 1. The predicted molar refractivity (Wildman–Crippen MR) is 73.1 cm³/mol. The Hall–Kier alpha value is -1.78. The molecule has 2 aromatic rings. The van der Waals surface area contributed by atoms with Gasteiger partial charge in [0.25, 0.3) is 0 Å². The van der Waals surface area contributed by atoms with Gasteiger partial charge in [-0.05, 0) is 36.4 Å². The van der Waals surface area contributed by atoms with Crippen LogP contribution in [0.25, 0.3) is 0 Å². The molecule has 0 fully saturated rings. The van der Waals surface area contributed by atoms with E-state index in [2.05, 4.69) is 5.32 Å². The van der Waals surface area contributed by atoms with E-state index in [4.69, 9.17) is 28.3 Å². The summed E-state index contributed by atoms with van der Waals surface area (Å²) >= 11 is 11.3. The van der Waals surface area contributed by atoms with Gasteiger partial charge in [-0.3, -0.25) is 0 Å². The third-order valence-electron chi connectivity index (χ3n) is 2.41. The number of carboxylic acids is 1. The predicted octanol–water partition coefficient (Wildman–Crippen LogP) is 4.57. The fourth-order valence-corrected chi connectivity index (χ4v) is 1.82. The molecule has 0 heterocycles. The molecule has 0 amide bonds. The largest absolute Gasteiger partial charge is 0.478 e. The van der Waals surface area contributed by atoms with Crippen molar-refractivity contribution in [3.8, 4) is 0 Å². The van der Waals surface area contributed by atoms with Crippen LogP contribution >= 0.6 is 23.2 Å². The number of benzene rings is 2. The van der Waals surface area contributed by atoms with Gasteiger partial charge in [0, 0.05) is 10.7 Å². The zero-order valence-electron chi connectivity index (χ0n) is 9.45. The minimum Gasteiger partial charge on any atom is -0.478 e. The number of carboxylic acid groups (broad SMARTS) is 1. The van der Waals surface area contributed by atoms with E-state index in [0.717, 1.165) is 0 Å². The van der Waals surface area contributed by atoms with E-state index in [9.17, 15) is 9.18 Å². The first-order valence-electron chi connectivity index (χ1n) is 5.22. The maximum Gasteiger partial charge on any atom is 0.337 e. The van der Waals surface area contributed by atoms with Crippen LogP contribution in [-0.4, -0.2) is 11.1 Å². The van der Waals surface area contributed by atoms with Gasteiger partial charge in [0.1, 0.15) is 5.82 Å². The van der Waals surface area contributed by atoms with Crippen molar-refractivity contribution in [1.82, 2.24) is 0 Å². The van der Waals surface area contributed by atoms with Gasteiger partial charge in [0.15, 0.2) is 0 Å². The summed E-state index contributed by atoms with van der Waals surface area (Å²) in [6.45, 7) is 0. The first kappa shape index (κ1) is 13.6. The van der Waals surface area contributed by atoms with E-state index in [1.165, 1.54) is 24.3 Å². The minimum atomic E-state index is -1.13. The third kappa shape index (κ3) is 3.16. The fourth-order valence-electron chi connectivity index (χ4n) is 1.53. The van der Waals surface area contributed by atoms with Crippen molar-refractivity contribution in [2.45, 2.75) is 0 Å². The van der Waals surface area contributed by atoms with E-state index in [-0.39, 0.29) is 10.6 Å². The molecule has 0 spiro atoms. The maximum absolute atomic E-state index is 13.3. The van der Waals surface area contributed by atoms with Crippen LogP contribution in [0.1, 0.15) is 10.4 Å². The summed E-state index contributed by atoms with van der Waals surface area (Å²) in [5, 5.41) is 12.2. The molecule has 2 aromatic carbocycles. The molecule has 0 saturated heterocycles. The molecule has 0 unspecified atom stereocenters. The third-order valence-corrected chi connectivity index (χ3v) is 2.95. The molecule has 0 saturated carbocycles.